The van der Waals surface area contributed by atoms with Crippen molar-refractivity contribution in [3.8, 4) is 17.2 Å². The second-order valence-corrected chi connectivity index (χ2v) is 12.2. The van der Waals surface area contributed by atoms with E-state index in [9.17, 15) is 18.8 Å². The van der Waals surface area contributed by atoms with Crippen molar-refractivity contribution in [3.63, 3.8) is 0 Å². The Balaban J connectivity index is 1.14. The molecule has 0 saturated carbocycles. The molecule has 2 saturated heterocycles. The summed E-state index contributed by atoms with van der Waals surface area (Å²) >= 11 is 0. The van der Waals surface area contributed by atoms with E-state index in [0.29, 0.717) is 68.4 Å². The van der Waals surface area contributed by atoms with Crippen LogP contribution in [0, 0.1) is 11.7 Å². The van der Waals surface area contributed by atoms with Gasteiger partial charge in [0.25, 0.3) is 5.91 Å². The zero-order valence-electron chi connectivity index (χ0n) is 26.1. The van der Waals surface area contributed by atoms with Crippen LogP contribution in [0.25, 0.3) is 0 Å². The molecule has 1 N–H and O–H groups in total. The molecule has 0 unspecified atom stereocenters. The van der Waals surface area contributed by atoms with Crippen molar-refractivity contribution in [2.24, 2.45) is 5.92 Å². The largest absolute Gasteiger partial charge is 0.493 e. The standard InChI is InChI=1S/C35H39FN4O6/c1-38-18-23-6-11-30(44-2)31(17-23)46-28-5-3-4-24(16-28)22-45-32-20-40(19-29(32)37-33(41)21-38)35(43)26-12-14-39(15-13-26)34(42)25-7-9-27(36)10-8-25/h3-11,16-17,26,29,32H,12-15,18-22H2,1-2H3,(H,37,41)/t29-,32-/m0/s1. The number of methoxy groups -OCH3 is 1. The molecule has 2 atom stereocenters. The van der Waals surface area contributed by atoms with Crippen LogP contribution >= 0.6 is 0 Å². The van der Waals surface area contributed by atoms with Gasteiger partial charge in [-0.3, -0.25) is 19.3 Å². The van der Waals surface area contributed by atoms with Crippen molar-refractivity contribution in [3.05, 3.63) is 89.2 Å². The Hall–Kier alpha value is -4.48. The Labute approximate surface area is 268 Å². The minimum atomic E-state index is -0.399. The molecule has 3 aromatic rings. The van der Waals surface area contributed by atoms with E-state index >= 15 is 0 Å². The van der Waals surface area contributed by atoms with Crippen LogP contribution in [0.1, 0.15) is 34.3 Å². The molecule has 2 fully saturated rings. The molecule has 10 nitrogen and oxygen atoms in total. The molecular formula is C35H39FN4O6. The first-order valence-corrected chi connectivity index (χ1v) is 15.6. The van der Waals surface area contributed by atoms with Gasteiger partial charge in [-0.05, 0) is 79.5 Å². The molecular weight excluding hydrogens is 591 g/mol. The van der Waals surface area contributed by atoms with Crippen molar-refractivity contribution < 1.29 is 33.0 Å². The molecule has 3 amide bonds. The first-order chi connectivity index (χ1) is 22.2. The van der Waals surface area contributed by atoms with E-state index in [-0.39, 0.29) is 42.8 Å². The Kier molecular flexibility index (Phi) is 9.51. The number of nitrogens with one attached hydrogen (secondary N) is 1. The lowest BCUT2D eigenvalue weighted by molar-refractivity contribution is -0.136. The summed E-state index contributed by atoms with van der Waals surface area (Å²) in [5, 5.41) is 3.13. The topological polar surface area (TPSA) is 101 Å². The first kappa shape index (κ1) is 31.5. The lowest BCUT2D eigenvalue weighted by Crippen LogP contribution is -2.47. The number of nitrogens with zero attached hydrogens (tertiary/aromatic N) is 3. The van der Waals surface area contributed by atoms with Crippen molar-refractivity contribution in [1.29, 1.82) is 0 Å². The number of hydrogen-bond donors (Lipinski definition) is 1. The molecule has 3 aliphatic heterocycles. The van der Waals surface area contributed by atoms with E-state index in [1.165, 1.54) is 24.3 Å². The third-order valence-corrected chi connectivity index (χ3v) is 8.83. The van der Waals surface area contributed by atoms with Crippen LogP contribution in [0.3, 0.4) is 0 Å². The number of carbonyl (C=O) groups is 3. The van der Waals surface area contributed by atoms with Gasteiger partial charge in [0.1, 0.15) is 11.6 Å². The fourth-order valence-electron chi connectivity index (χ4n) is 6.42. The molecule has 6 rings (SSSR count). The summed E-state index contributed by atoms with van der Waals surface area (Å²) in [5.74, 6) is 0.904. The SMILES string of the molecule is COc1ccc2cc1Oc1cccc(c1)CO[C@H]1CN(C(=O)C3CCN(C(=O)c4ccc(F)cc4)CC3)C[C@@H]1NC(=O)CN(C)C2. The van der Waals surface area contributed by atoms with E-state index in [2.05, 4.69) is 5.32 Å². The maximum Gasteiger partial charge on any atom is 0.253 e. The second-order valence-electron chi connectivity index (χ2n) is 12.2. The lowest BCUT2D eigenvalue weighted by atomic mass is 9.95. The highest BCUT2D eigenvalue weighted by atomic mass is 19.1. The maximum atomic E-state index is 13.7. The summed E-state index contributed by atoms with van der Waals surface area (Å²) in [6, 6.07) is 18.5. The van der Waals surface area contributed by atoms with Gasteiger partial charge in [0, 0.05) is 44.2 Å². The predicted molar refractivity (Wildman–Crippen MR) is 168 cm³/mol. The molecule has 46 heavy (non-hydrogen) atoms. The van der Waals surface area contributed by atoms with Crippen LogP contribution in [0.15, 0.2) is 66.7 Å². The van der Waals surface area contributed by atoms with Crippen molar-refractivity contribution in [1.82, 2.24) is 20.0 Å². The van der Waals surface area contributed by atoms with Gasteiger partial charge in [-0.1, -0.05) is 18.2 Å². The quantitative estimate of drug-likeness (QED) is 0.470. The average molecular weight is 631 g/mol. The number of likely N-dealkylation sites (tertiary alicyclic amines) is 2. The molecule has 242 valence electrons. The molecule has 3 aliphatic rings. The normalized spacial score (nSPS) is 21.2. The van der Waals surface area contributed by atoms with Crippen molar-refractivity contribution in [2.45, 2.75) is 38.1 Å². The highest BCUT2D eigenvalue weighted by molar-refractivity contribution is 5.94. The van der Waals surface area contributed by atoms with E-state index < -0.39 is 11.9 Å². The van der Waals surface area contributed by atoms with E-state index in [1.807, 2.05) is 54.4 Å². The molecule has 3 heterocycles. The van der Waals surface area contributed by atoms with Crippen LogP contribution < -0.4 is 14.8 Å². The lowest BCUT2D eigenvalue weighted by Gasteiger charge is -2.33. The number of amides is 3. The zero-order chi connectivity index (χ0) is 32.2. The highest BCUT2D eigenvalue weighted by Gasteiger charge is 2.40. The number of likely N-dealkylation sites (N-methyl/N-ethyl adjacent to an activating group) is 1. The van der Waals surface area contributed by atoms with Gasteiger partial charge in [-0.2, -0.15) is 0 Å². The van der Waals surface area contributed by atoms with E-state index in [4.69, 9.17) is 14.2 Å². The number of ether oxygens (including phenoxy) is 3. The van der Waals surface area contributed by atoms with Gasteiger partial charge in [0.05, 0.1) is 32.4 Å². The van der Waals surface area contributed by atoms with Gasteiger partial charge in [-0.15, -0.1) is 0 Å². The highest BCUT2D eigenvalue weighted by Crippen LogP contribution is 2.33. The van der Waals surface area contributed by atoms with E-state index in [0.717, 1.165) is 11.1 Å². The maximum absolute atomic E-state index is 13.7. The zero-order valence-corrected chi connectivity index (χ0v) is 26.1. The average Bonchev–Trinajstić information content (AvgIpc) is 3.45. The van der Waals surface area contributed by atoms with Crippen LogP contribution in [0.4, 0.5) is 4.39 Å². The van der Waals surface area contributed by atoms with Gasteiger partial charge in [0.2, 0.25) is 11.8 Å². The van der Waals surface area contributed by atoms with Crippen LogP contribution in [0.5, 0.6) is 17.2 Å². The minimum absolute atomic E-state index is 0.00542. The second kappa shape index (κ2) is 13.9. The number of carbonyl (C=O) groups excluding carboxylic acids is 3. The first-order valence-electron chi connectivity index (χ1n) is 15.6. The Bertz CT molecular complexity index is 1580. The number of benzene rings is 3. The predicted octanol–water partition coefficient (Wildman–Crippen LogP) is 3.84. The molecule has 11 heteroatoms. The fraction of sp³-hybridized carbons (Fsp3) is 0.400. The third-order valence-electron chi connectivity index (χ3n) is 8.83. The number of piperidine rings is 1. The van der Waals surface area contributed by atoms with E-state index in [1.54, 1.807) is 16.9 Å². The molecule has 0 aliphatic carbocycles. The Morgan fingerprint density at radius 3 is 2.48 bits per heavy atom. The van der Waals surface area contributed by atoms with Crippen molar-refractivity contribution >= 4 is 17.7 Å². The molecule has 0 aromatic heterocycles. The smallest absolute Gasteiger partial charge is 0.253 e. The Morgan fingerprint density at radius 1 is 0.935 bits per heavy atom. The summed E-state index contributed by atoms with van der Waals surface area (Å²) in [5.41, 5.74) is 2.30. The van der Waals surface area contributed by atoms with Crippen LogP contribution in [0.2, 0.25) is 0 Å². The van der Waals surface area contributed by atoms with Crippen molar-refractivity contribution in [2.75, 3.05) is 46.9 Å². The monoisotopic (exact) mass is 630 g/mol. The van der Waals surface area contributed by atoms with Gasteiger partial charge >= 0.3 is 0 Å². The van der Waals surface area contributed by atoms with Crippen LogP contribution in [-0.2, 0) is 27.5 Å². The number of rotatable bonds is 3. The summed E-state index contributed by atoms with van der Waals surface area (Å²) < 4.78 is 31.4. The molecule has 0 spiro atoms. The summed E-state index contributed by atoms with van der Waals surface area (Å²) in [6.45, 7) is 2.55. The van der Waals surface area contributed by atoms with Gasteiger partial charge in [0.15, 0.2) is 11.5 Å². The minimum Gasteiger partial charge on any atom is -0.493 e. The molecule has 4 bridgehead atoms. The number of hydrogen-bond acceptors (Lipinski definition) is 7. The summed E-state index contributed by atoms with van der Waals surface area (Å²) in [6.07, 6.45) is 0.672. The Morgan fingerprint density at radius 2 is 1.72 bits per heavy atom. The number of fused-ring (bicyclic) bond motifs is 5. The van der Waals surface area contributed by atoms with Gasteiger partial charge < -0.3 is 29.3 Å². The summed E-state index contributed by atoms with van der Waals surface area (Å²) in [4.78, 5) is 45.2. The van der Waals surface area contributed by atoms with Crippen LogP contribution in [-0.4, -0.2) is 91.4 Å². The van der Waals surface area contributed by atoms with Gasteiger partial charge in [-0.25, -0.2) is 4.39 Å². The molecule has 3 aromatic carbocycles. The fourth-order valence-corrected chi connectivity index (χ4v) is 6.42. The summed E-state index contributed by atoms with van der Waals surface area (Å²) in [7, 11) is 3.48. The molecule has 0 radical (unpaired) electrons. The third kappa shape index (κ3) is 7.32. The number of halogens is 1.